The van der Waals surface area contributed by atoms with Crippen LogP contribution in [0, 0.1) is 0 Å². The van der Waals surface area contributed by atoms with Gasteiger partial charge in [0.15, 0.2) is 0 Å². The van der Waals surface area contributed by atoms with Gasteiger partial charge in [0, 0.05) is 49.5 Å². The SMILES string of the molecule is Clc1ccc(Cl)c(CN2CCN(C3=CC=NCN3)CC2)c1Cl. The Hall–Kier alpha value is -0.940. The van der Waals surface area contributed by atoms with Gasteiger partial charge in [-0.15, -0.1) is 0 Å². The van der Waals surface area contributed by atoms with E-state index >= 15 is 0 Å². The van der Waals surface area contributed by atoms with E-state index in [9.17, 15) is 0 Å². The second-order valence-corrected chi connectivity index (χ2v) is 6.50. The number of nitrogens with one attached hydrogen (secondary N) is 1. The monoisotopic (exact) mass is 358 g/mol. The molecule has 22 heavy (non-hydrogen) atoms. The van der Waals surface area contributed by atoms with Crippen LogP contribution in [0.5, 0.6) is 0 Å². The molecule has 2 aliphatic rings. The van der Waals surface area contributed by atoms with Crippen LogP contribution in [0.4, 0.5) is 0 Å². The summed E-state index contributed by atoms with van der Waals surface area (Å²) in [5, 5.41) is 5.07. The molecule has 1 aromatic carbocycles. The smallest absolute Gasteiger partial charge is 0.108 e. The molecule has 1 aromatic rings. The fourth-order valence-corrected chi connectivity index (χ4v) is 3.33. The van der Waals surface area contributed by atoms with Gasteiger partial charge in [0.1, 0.15) is 12.5 Å². The predicted octanol–water partition coefficient (Wildman–Crippen LogP) is 3.24. The van der Waals surface area contributed by atoms with Crippen LogP contribution >= 0.6 is 34.8 Å². The molecule has 1 N–H and O–H groups in total. The summed E-state index contributed by atoms with van der Waals surface area (Å²) < 4.78 is 0. The van der Waals surface area contributed by atoms with E-state index in [-0.39, 0.29) is 0 Å². The molecule has 0 unspecified atom stereocenters. The van der Waals surface area contributed by atoms with Gasteiger partial charge in [0.25, 0.3) is 0 Å². The number of rotatable bonds is 3. The zero-order valence-corrected chi connectivity index (χ0v) is 14.3. The summed E-state index contributed by atoms with van der Waals surface area (Å²) in [4.78, 5) is 8.81. The number of allylic oxidation sites excluding steroid dienone is 1. The maximum atomic E-state index is 6.28. The third-order valence-electron chi connectivity index (χ3n) is 3.92. The molecule has 118 valence electrons. The normalized spacial score (nSPS) is 19.0. The number of nitrogens with zero attached hydrogens (tertiary/aromatic N) is 3. The van der Waals surface area contributed by atoms with E-state index in [4.69, 9.17) is 34.8 Å². The molecule has 0 aromatic heterocycles. The van der Waals surface area contributed by atoms with Crippen LogP contribution < -0.4 is 5.32 Å². The molecule has 1 saturated heterocycles. The summed E-state index contributed by atoms with van der Waals surface area (Å²) in [6.07, 6.45) is 3.87. The second-order valence-electron chi connectivity index (χ2n) is 5.30. The Bertz CT molecular complexity index is 607. The summed E-state index contributed by atoms with van der Waals surface area (Å²) in [7, 11) is 0. The van der Waals surface area contributed by atoms with Crippen molar-refractivity contribution in [2.24, 2.45) is 4.99 Å². The topological polar surface area (TPSA) is 30.9 Å². The van der Waals surface area contributed by atoms with E-state index in [1.165, 1.54) is 0 Å². The van der Waals surface area contributed by atoms with E-state index in [0.29, 0.717) is 21.7 Å². The number of piperazine rings is 1. The molecular formula is C15H17Cl3N4. The summed E-state index contributed by atoms with van der Waals surface area (Å²) in [6.45, 7) is 5.20. The molecular weight excluding hydrogens is 343 g/mol. The average molecular weight is 360 g/mol. The van der Waals surface area contributed by atoms with Gasteiger partial charge in [-0.05, 0) is 18.2 Å². The van der Waals surface area contributed by atoms with Gasteiger partial charge in [0.05, 0.1) is 10.0 Å². The van der Waals surface area contributed by atoms with Crippen LogP contribution in [0.15, 0.2) is 29.0 Å². The molecule has 0 saturated carbocycles. The van der Waals surface area contributed by atoms with Gasteiger partial charge in [-0.3, -0.25) is 9.89 Å². The Morgan fingerprint density at radius 1 is 1.05 bits per heavy atom. The van der Waals surface area contributed by atoms with E-state index in [0.717, 1.165) is 44.1 Å². The zero-order chi connectivity index (χ0) is 15.5. The summed E-state index contributed by atoms with van der Waals surface area (Å²) in [5.74, 6) is 1.15. The van der Waals surface area contributed by atoms with Crippen molar-refractivity contribution in [1.82, 2.24) is 15.1 Å². The highest BCUT2D eigenvalue weighted by atomic mass is 35.5. The first-order valence-corrected chi connectivity index (χ1v) is 8.32. The molecule has 4 nitrogen and oxygen atoms in total. The van der Waals surface area contributed by atoms with Crippen molar-refractivity contribution in [2.75, 3.05) is 32.8 Å². The summed E-state index contributed by atoms with van der Waals surface area (Å²) in [5.41, 5.74) is 0.909. The van der Waals surface area contributed by atoms with Crippen LogP contribution in [-0.2, 0) is 6.54 Å². The van der Waals surface area contributed by atoms with Crippen LogP contribution in [0.1, 0.15) is 5.56 Å². The highest BCUT2D eigenvalue weighted by molar-refractivity contribution is 6.44. The van der Waals surface area contributed by atoms with Crippen molar-refractivity contribution in [2.45, 2.75) is 6.54 Å². The van der Waals surface area contributed by atoms with Gasteiger partial charge >= 0.3 is 0 Å². The molecule has 0 atom stereocenters. The lowest BCUT2D eigenvalue weighted by molar-refractivity contribution is 0.147. The Kier molecular flexibility index (Phi) is 5.14. The van der Waals surface area contributed by atoms with Crippen LogP contribution in [0.2, 0.25) is 15.1 Å². The molecule has 0 bridgehead atoms. The number of benzene rings is 1. The zero-order valence-electron chi connectivity index (χ0n) is 12.0. The molecule has 1 fully saturated rings. The fourth-order valence-electron chi connectivity index (χ4n) is 2.66. The number of hydrogen-bond acceptors (Lipinski definition) is 4. The summed E-state index contributed by atoms with van der Waals surface area (Å²) >= 11 is 18.6. The van der Waals surface area contributed by atoms with Gasteiger partial charge in [-0.25, -0.2) is 0 Å². The van der Waals surface area contributed by atoms with Crippen molar-refractivity contribution in [3.63, 3.8) is 0 Å². The number of hydrogen-bond donors (Lipinski definition) is 1. The standard InChI is InChI=1S/C15H17Cl3N4/c16-12-1-2-13(17)15(18)11(12)9-21-5-7-22(8-6-21)14-3-4-19-10-20-14/h1-4,20H,5-10H2. The lowest BCUT2D eigenvalue weighted by Crippen LogP contribution is -2.48. The highest BCUT2D eigenvalue weighted by Gasteiger charge is 2.21. The predicted molar refractivity (Wildman–Crippen MR) is 92.9 cm³/mol. The van der Waals surface area contributed by atoms with Crippen LogP contribution in [0.25, 0.3) is 0 Å². The maximum absolute atomic E-state index is 6.28. The minimum atomic E-state index is 0.551. The summed E-state index contributed by atoms with van der Waals surface area (Å²) in [6, 6.07) is 3.54. The van der Waals surface area contributed by atoms with Gasteiger partial charge in [0.2, 0.25) is 0 Å². The second kappa shape index (κ2) is 7.09. The van der Waals surface area contributed by atoms with Crippen molar-refractivity contribution < 1.29 is 0 Å². The van der Waals surface area contributed by atoms with E-state index in [2.05, 4.69) is 20.1 Å². The molecule has 2 heterocycles. The molecule has 0 amide bonds. The average Bonchev–Trinajstić information content (AvgIpc) is 2.57. The molecule has 0 radical (unpaired) electrons. The largest absolute Gasteiger partial charge is 0.356 e. The van der Waals surface area contributed by atoms with Crippen molar-refractivity contribution in [1.29, 1.82) is 0 Å². The Labute approximate surface area is 145 Å². The lowest BCUT2D eigenvalue weighted by atomic mass is 10.2. The first kappa shape index (κ1) is 15.9. The number of aliphatic imine (C=N–C) groups is 1. The highest BCUT2D eigenvalue weighted by Crippen LogP contribution is 2.32. The van der Waals surface area contributed by atoms with E-state index < -0.39 is 0 Å². The van der Waals surface area contributed by atoms with Crippen molar-refractivity contribution >= 4 is 41.0 Å². The van der Waals surface area contributed by atoms with Gasteiger partial charge in [-0.1, -0.05) is 34.8 Å². The van der Waals surface area contributed by atoms with Crippen molar-refractivity contribution in [3.05, 3.63) is 44.7 Å². The third kappa shape index (κ3) is 3.51. The fraction of sp³-hybridized carbons (Fsp3) is 0.400. The molecule has 0 spiro atoms. The minimum absolute atomic E-state index is 0.551. The first-order chi connectivity index (χ1) is 10.6. The van der Waals surface area contributed by atoms with Crippen molar-refractivity contribution in [3.8, 4) is 0 Å². The quantitative estimate of drug-likeness (QED) is 0.841. The molecule has 2 aliphatic heterocycles. The Balaban J connectivity index is 1.62. The van der Waals surface area contributed by atoms with Gasteiger partial charge < -0.3 is 10.2 Å². The first-order valence-electron chi connectivity index (χ1n) is 7.19. The maximum Gasteiger partial charge on any atom is 0.108 e. The van der Waals surface area contributed by atoms with Crippen LogP contribution in [0.3, 0.4) is 0 Å². The Morgan fingerprint density at radius 2 is 1.77 bits per heavy atom. The Morgan fingerprint density at radius 3 is 2.45 bits per heavy atom. The molecule has 3 rings (SSSR count). The number of halogens is 3. The minimum Gasteiger partial charge on any atom is -0.356 e. The van der Waals surface area contributed by atoms with Crippen LogP contribution in [-0.4, -0.2) is 48.9 Å². The van der Waals surface area contributed by atoms with E-state index in [1.807, 2.05) is 12.3 Å². The lowest BCUT2D eigenvalue weighted by Gasteiger charge is -2.37. The van der Waals surface area contributed by atoms with Gasteiger partial charge in [-0.2, -0.15) is 0 Å². The third-order valence-corrected chi connectivity index (χ3v) is 5.12. The van der Waals surface area contributed by atoms with E-state index in [1.54, 1.807) is 12.1 Å². The molecule has 0 aliphatic carbocycles. The molecule has 7 heteroatoms.